The van der Waals surface area contributed by atoms with Gasteiger partial charge in [-0.25, -0.2) is 9.59 Å². The van der Waals surface area contributed by atoms with Crippen molar-refractivity contribution in [3.63, 3.8) is 0 Å². The third-order valence-electron chi connectivity index (χ3n) is 12.6. The molecule has 1 aromatic carbocycles. The van der Waals surface area contributed by atoms with E-state index in [0.29, 0.717) is 36.6 Å². The Morgan fingerprint density at radius 2 is 1.62 bits per heavy atom. The number of nitrogens with one attached hydrogen (secondary N) is 1. The van der Waals surface area contributed by atoms with Gasteiger partial charge >= 0.3 is 12.2 Å². The molecule has 1 fully saturated rings. The lowest BCUT2D eigenvalue weighted by molar-refractivity contribution is -0.256. The molecule has 0 aromatic heterocycles. The summed E-state index contributed by atoms with van der Waals surface area (Å²) in [6.45, 7) is 12.9. The first-order chi connectivity index (χ1) is 31.0. The fourth-order valence-corrected chi connectivity index (χ4v) is 9.67. The average molecular weight is 900 g/mol. The summed E-state index contributed by atoms with van der Waals surface area (Å²) in [5, 5.41) is 37.1. The van der Waals surface area contributed by atoms with Gasteiger partial charge in [0.2, 0.25) is 5.79 Å². The zero-order valence-corrected chi connectivity index (χ0v) is 39.7. The molecule has 4 N–H and O–H groups in total. The van der Waals surface area contributed by atoms with Crippen LogP contribution in [0.5, 0.6) is 11.5 Å². The van der Waals surface area contributed by atoms with Gasteiger partial charge in [0.05, 0.1) is 45.2 Å². The second-order valence-corrected chi connectivity index (χ2v) is 18.5. The van der Waals surface area contributed by atoms with Crippen molar-refractivity contribution in [3.05, 3.63) is 48.1 Å². The molecule has 4 rings (SSSR count). The molecular formula is C50H81N3O11. The summed E-state index contributed by atoms with van der Waals surface area (Å²) in [5.41, 5.74) is 1.73. The number of hydrogen-bond acceptors (Lipinski definition) is 12. The maximum absolute atomic E-state index is 13.9. The van der Waals surface area contributed by atoms with E-state index >= 15 is 0 Å². The molecule has 1 saturated carbocycles. The lowest BCUT2D eigenvalue weighted by Crippen LogP contribution is -2.70. The minimum absolute atomic E-state index is 0.0169. The van der Waals surface area contributed by atoms with E-state index in [1.807, 2.05) is 32.9 Å². The molecule has 2 aliphatic carbocycles. The Balaban J connectivity index is 1.79. The number of rotatable bonds is 30. The number of carbonyl (C=O) groups is 2. The molecule has 0 saturated heterocycles. The van der Waals surface area contributed by atoms with Crippen LogP contribution in [0.25, 0.3) is 0 Å². The fraction of sp³-hybridized carbons (Fsp3) is 0.740. The SMILES string of the molecule is C=CCO[C@@]12Oc3ccc(OC(=O)NCCCCCCCCCCCC)cc3[C@H]3[C@H](CCCCO)[C@@H](CCCCO)C=C(C(=NOC(C)(C)C)C[C@@H]1N(CCOCCO)C(=O)OC)[C@H]32. The van der Waals surface area contributed by atoms with E-state index in [1.165, 1.54) is 52.1 Å². The number of unbranched alkanes of at least 4 members (excludes halogenated alkanes) is 11. The van der Waals surface area contributed by atoms with Gasteiger partial charge < -0.3 is 49.2 Å². The number of oxime groups is 1. The highest BCUT2D eigenvalue weighted by atomic mass is 16.7. The summed E-state index contributed by atoms with van der Waals surface area (Å²) in [5.74, 6) is -1.44. The third-order valence-corrected chi connectivity index (χ3v) is 12.6. The highest BCUT2D eigenvalue weighted by Crippen LogP contribution is 2.62. The lowest BCUT2D eigenvalue weighted by atomic mass is 9.55. The van der Waals surface area contributed by atoms with Gasteiger partial charge in [-0.2, -0.15) is 0 Å². The van der Waals surface area contributed by atoms with Crippen LogP contribution in [0.4, 0.5) is 9.59 Å². The normalized spacial score (nSPS) is 23.0. The molecule has 14 heteroatoms. The van der Waals surface area contributed by atoms with Crippen LogP contribution in [-0.4, -0.2) is 115 Å². The average Bonchev–Trinajstić information content (AvgIpc) is 3.27. The number of aliphatic hydroxyl groups excluding tert-OH is 3. The van der Waals surface area contributed by atoms with Gasteiger partial charge in [-0.3, -0.25) is 4.90 Å². The molecule has 0 bridgehead atoms. The number of nitrogens with zero attached hydrogens (tertiary/aromatic N) is 2. The van der Waals surface area contributed by atoms with Gasteiger partial charge in [0, 0.05) is 44.2 Å². The molecule has 64 heavy (non-hydrogen) atoms. The maximum Gasteiger partial charge on any atom is 0.412 e. The standard InChI is InChI=1S/C50H81N3O11/c1-7-9-10-11-12-13-14-15-16-19-26-51-47(57)62-38-24-25-43-41(35-38)45-39(23-18-21-29-55)37(22-17-20-28-54)34-40-42(52-64-49(3,4)5)36-44(50(63-43,46(40)45)61-31-8-2)53(48(58)59-6)27-32-60-33-30-56/h8,24-25,34-35,37,39,44-46,54-56H,2,7,9-23,26-33,36H2,1,3-6H3,(H,51,57)/t37-,39+,44-,45+,46+,50+/m0/s1. The van der Waals surface area contributed by atoms with Crippen LogP contribution in [0.3, 0.4) is 0 Å². The topological polar surface area (TPSA) is 178 Å². The first kappa shape index (κ1) is 52.9. The van der Waals surface area contributed by atoms with E-state index < -0.39 is 35.5 Å². The number of aliphatic hydroxyl groups is 3. The van der Waals surface area contributed by atoms with Crippen molar-refractivity contribution in [1.29, 1.82) is 0 Å². The minimum atomic E-state index is -1.50. The quantitative estimate of drug-likeness (QED) is 0.0329. The van der Waals surface area contributed by atoms with E-state index in [0.717, 1.165) is 56.1 Å². The molecule has 2 amide bonds. The Bertz CT molecular complexity index is 1630. The molecule has 1 aromatic rings. The second-order valence-electron chi connectivity index (χ2n) is 18.5. The van der Waals surface area contributed by atoms with E-state index in [2.05, 4.69) is 24.9 Å². The largest absolute Gasteiger partial charge is 0.459 e. The molecule has 0 radical (unpaired) electrons. The van der Waals surface area contributed by atoms with E-state index in [4.69, 9.17) is 33.7 Å². The summed E-state index contributed by atoms with van der Waals surface area (Å²) in [6.07, 6.45) is 19.4. The van der Waals surface area contributed by atoms with Crippen molar-refractivity contribution in [2.75, 3.05) is 59.8 Å². The predicted molar refractivity (Wildman–Crippen MR) is 249 cm³/mol. The Labute approximate surface area is 383 Å². The molecule has 1 heterocycles. The van der Waals surface area contributed by atoms with Crippen LogP contribution in [0.15, 0.2) is 47.7 Å². The zero-order chi connectivity index (χ0) is 46.4. The van der Waals surface area contributed by atoms with Crippen LogP contribution in [0.1, 0.15) is 148 Å². The third kappa shape index (κ3) is 15.2. The number of amides is 2. The number of benzene rings is 1. The van der Waals surface area contributed by atoms with Gasteiger partial charge in [-0.05, 0) is 88.5 Å². The molecule has 362 valence electrons. The van der Waals surface area contributed by atoms with Gasteiger partial charge in [0.15, 0.2) is 0 Å². The molecule has 6 atom stereocenters. The highest BCUT2D eigenvalue weighted by molar-refractivity contribution is 6.03. The van der Waals surface area contributed by atoms with Crippen molar-refractivity contribution in [1.82, 2.24) is 10.2 Å². The Morgan fingerprint density at radius 1 is 0.938 bits per heavy atom. The Hall–Kier alpha value is -3.69. The fourth-order valence-electron chi connectivity index (χ4n) is 9.67. The summed E-state index contributed by atoms with van der Waals surface area (Å²) in [6, 6.07) is 4.63. The molecular weight excluding hydrogens is 819 g/mol. The van der Waals surface area contributed by atoms with Crippen LogP contribution in [0.2, 0.25) is 0 Å². The predicted octanol–water partition coefficient (Wildman–Crippen LogP) is 9.21. The molecule has 3 aliphatic rings. The molecule has 14 nitrogen and oxygen atoms in total. The molecule has 0 unspecified atom stereocenters. The summed E-state index contributed by atoms with van der Waals surface area (Å²) in [7, 11) is 1.33. The van der Waals surface area contributed by atoms with Crippen LogP contribution < -0.4 is 14.8 Å². The van der Waals surface area contributed by atoms with Crippen molar-refractivity contribution in [3.8, 4) is 11.5 Å². The van der Waals surface area contributed by atoms with Gasteiger partial charge in [-0.15, -0.1) is 6.58 Å². The summed E-state index contributed by atoms with van der Waals surface area (Å²) >= 11 is 0. The van der Waals surface area contributed by atoms with Crippen molar-refractivity contribution < 1.29 is 53.4 Å². The van der Waals surface area contributed by atoms with Crippen LogP contribution >= 0.6 is 0 Å². The van der Waals surface area contributed by atoms with Crippen molar-refractivity contribution >= 4 is 17.9 Å². The number of fused-ring (bicyclic) bond motifs is 2. The lowest BCUT2D eigenvalue weighted by Gasteiger charge is -2.59. The first-order valence-corrected chi connectivity index (χ1v) is 24.2. The van der Waals surface area contributed by atoms with E-state index in [9.17, 15) is 24.9 Å². The minimum Gasteiger partial charge on any atom is -0.459 e. The van der Waals surface area contributed by atoms with E-state index in [-0.39, 0.29) is 70.4 Å². The number of carbonyl (C=O) groups excluding carboxylic acids is 2. The smallest absolute Gasteiger partial charge is 0.412 e. The highest BCUT2D eigenvalue weighted by Gasteiger charge is 2.65. The maximum atomic E-state index is 13.9. The van der Waals surface area contributed by atoms with Crippen LogP contribution in [-0.2, 0) is 19.0 Å². The van der Waals surface area contributed by atoms with Crippen molar-refractivity contribution in [2.24, 2.45) is 22.9 Å². The second kappa shape index (κ2) is 27.7. The zero-order valence-electron chi connectivity index (χ0n) is 39.7. The number of methoxy groups -OCH3 is 1. The van der Waals surface area contributed by atoms with Gasteiger partial charge in [0.1, 0.15) is 23.1 Å². The van der Waals surface area contributed by atoms with E-state index in [1.54, 1.807) is 17.0 Å². The monoisotopic (exact) mass is 900 g/mol. The summed E-state index contributed by atoms with van der Waals surface area (Å²) in [4.78, 5) is 35.0. The van der Waals surface area contributed by atoms with Crippen LogP contribution in [0, 0.1) is 17.8 Å². The Morgan fingerprint density at radius 3 is 2.27 bits per heavy atom. The molecule has 1 aliphatic heterocycles. The Kier molecular flexibility index (Phi) is 22.9. The first-order valence-electron chi connectivity index (χ1n) is 24.2. The number of hydrogen-bond donors (Lipinski definition) is 4. The van der Waals surface area contributed by atoms with Gasteiger partial charge in [0.25, 0.3) is 0 Å². The summed E-state index contributed by atoms with van der Waals surface area (Å²) < 4.78 is 31.3. The number of ether oxygens (including phenoxy) is 5. The number of allylic oxidation sites excluding steroid dienone is 1. The van der Waals surface area contributed by atoms with Gasteiger partial charge in [-0.1, -0.05) is 94.9 Å². The van der Waals surface area contributed by atoms with Crippen molar-refractivity contribution in [2.45, 2.75) is 160 Å². The molecule has 0 spiro atoms.